The zero-order chi connectivity index (χ0) is 15.8. The second-order valence-corrected chi connectivity index (χ2v) is 8.74. The Balaban J connectivity index is 1.69. The zero-order valence-electron chi connectivity index (χ0n) is 15.6. The lowest BCUT2D eigenvalue weighted by Crippen LogP contribution is -2.62. The van der Waals surface area contributed by atoms with Gasteiger partial charge >= 0.3 is 0 Å². The Hall–Kier alpha value is -0.0800. The molecule has 2 nitrogen and oxygen atoms in total. The van der Waals surface area contributed by atoms with Crippen molar-refractivity contribution in [3.8, 4) is 0 Å². The first kappa shape index (κ1) is 16.8. The summed E-state index contributed by atoms with van der Waals surface area (Å²) in [6, 6.07) is 0. The van der Waals surface area contributed by atoms with E-state index in [1.54, 1.807) is 19.3 Å². The Kier molecular flexibility index (Phi) is 4.90. The smallest absolute Gasteiger partial charge is 0.0915 e. The third-order valence-corrected chi connectivity index (χ3v) is 7.92. The molecule has 0 atom stereocenters. The highest BCUT2D eigenvalue weighted by molar-refractivity contribution is 5.07. The summed E-state index contributed by atoms with van der Waals surface area (Å²) in [5.74, 6) is 3.22. The summed E-state index contributed by atoms with van der Waals surface area (Å²) in [6.07, 6.45) is 9.27. The fourth-order valence-corrected chi connectivity index (χ4v) is 6.66. The molecule has 0 saturated heterocycles. The van der Waals surface area contributed by atoms with E-state index in [0.717, 1.165) is 17.8 Å². The normalized spacial score (nSPS) is 37.2. The van der Waals surface area contributed by atoms with E-state index in [9.17, 15) is 0 Å². The lowest BCUT2D eigenvalue weighted by molar-refractivity contribution is -0.922. The predicted molar refractivity (Wildman–Crippen MR) is 94.9 cm³/mol. The molecule has 4 fully saturated rings. The van der Waals surface area contributed by atoms with E-state index in [-0.39, 0.29) is 0 Å². The first-order valence-electron chi connectivity index (χ1n) is 10.2. The first-order valence-corrected chi connectivity index (χ1v) is 10.2. The average molecular weight is 308 g/mol. The quantitative estimate of drug-likeness (QED) is 0.609. The van der Waals surface area contributed by atoms with Crippen molar-refractivity contribution in [2.24, 2.45) is 17.8 Å². The number of quaternary nitrogens is 1. The number of hydrogen-bond donors (Lipinski definition) is 0. The van der Waals surface area contributed by atoms with Gasteiger partial charge < -0.3 is 4.48 Å². The van der Waals surface area contributed by atoms with Crippen LogP contribution in [-0.4, -0.2) is 54.2 Å². The predicted octanol–water partition coefficient (Wildman–Crippen LogP) is 4.15. The molecule has 0 N–H and O–H groups in total. The highest BCUT2D eigenvalue weighted by atomic mass is 15.4. The Labute approximate surface area is 138 Å². The minimum atomic E-state index is 0.606. The Bertz CT molecular complexity index is 328. The fourth-order valence-electron chi connectivity index (χ4n) is 6.66. The molecule has 0 amide bonds. The van der Waals surface area contributed by atoms with Crippen molar-refractivity contribution in [2.75, 3.05) is 39.3 Å². The highest BCUT2D eigenvalue weighted by Crippen LogP contribution is 2.57. The van der Waals surface area contributed by atoms with Crippen LogP contribution in [0.15, 0.2) is 0 Å². The standard InChI is InChI=1S/C20H39N2/c1-5-21(9-10-22(6-2,7-3)8-4)20-14-17-11-18(15-20)13-19(12-17)16-20/h17-19H,5-16H2,1-4H3/q+1. The van der Waals surface area contributed by atoms with Crippen LogP contribution in [0, 0.1) is 17.8 Å². The van der Waals surface area contributed by atoms with Gasteiger partial charge in [0, 0.05) is 12.1 Å². The Morgan fingerprint density at radius 2 is 1.27 bits per heavy atom. The number of rotatable bonds is 8. The maximum Gasteiger partial charge on any atom is 0.0915 e. The maximum atomic E-state index is 2.94. The molecule has 0 aromatic heterocycles. The Morgan fingerprint density at radius 3 is 1.64 bits per heavy atom. The van der Waals surface area contributed by atoms with Gasteiger partial charge in [0.25, 0.3) is 0 Å². The molecule has 4 saturated carbocycles. The molecule has 4 aliphatic carbocycles. The van der Waals surface area contributed by atoms with Crippen LogP contribution >= 0.6 is 0 Å². The van der Waals surface area contributed by atoms with Crippen LogP contribution < -0.4 is 0 Å². The van der Waals surface area contributed by atoms with Crippen LogP contribution in [0.1, 0.15) is 66.2 Å². The molecule has 0 aromatic carbocycles. The van der Waals surface area contributed by atoms with Crippen LogP contribution in [0.2, 0.25) is 0 Å². The molecule has 4 rings (SSSR count). The van der Waals surface area contributed by atoms with E-state index >= 15 is 0 Å². The van der Waals surface area contributed by atoms with Gasteiger partial charge in [-0.25, -0.2) is 0 Å². The van der Waals surface area contributed by atoms with E-state index in [1.165, 1.54) is 63.0 Å². The summed E-state index contributed by atoms with van der Waals surface area (Å²) in [7, 11) is 0. The maximum absolute atomic E-state index is 2.94. The van der Waals surface area contributed by atoms with Crippen molar-refractivity contribution in [3.63, 3.8) is 0 Å². The summed E-state index contributed by atoms with van der Waals surface area (Å²) in [6.45, 7) is 17.4. The lowest BCUT2D eigenvalue weighted by Gasteiger charge is -2.60. The van der Waals surface area contributed by atoms with Gasteiger partial charge in [-0.05, 0) is 83.6 Å². The highest BCUT2D eigenvalue weighted by Gasteiger charge is 2.53. The van der Waals surface area contributed by atoms with Gasteiger partial charge in [0.1, 0.15) is 0 Å². The monoisotopic (exact) mass is 307 g/mol. The van der Waals surface area contributed by atoms with Gasteiger partial charge in [-0.15, -0.1) is 0 Å². The number of nitrogens with zero attached hydrogens (tertiary/aromatic N) is 2. The largest absolute Gasteiger partial charge is 0.323 e. The first-order chi connectivity index (χ1) is 10.6. The van der Waals surface area contributed by atoms with Gasteiger partial charge in [0.15, 0.2) is 0 Å². The topological polar surface area (TPSA) is 3.24 Å². The van der Waals surface area contributed by atoms with Gasteiger partial charge in [0.2, 0.25) is 0 Å². The SMILES string of the molecule is CCN(CC[N+](CC)(CC)CC)C12CC3CC(CC(C3)C1)C2. The van der Waals surface area contributed by atoms with Gasteiger partial charge in [-0.3, -0.25) is 4.90 Å². The third kappa shape index (κ3) is 2.86. The van der Waals surface area contributed by atoms with Crippen LogP contribution in [0.4, 0.5) is 0 Å². The molecule has 2 heteroatoms. The zero-order valence-corrected chi connectivity index (χ0v) is 15.6. The summed E-state index contributed by atoms with van der Waals surface area (Å²) >= 11 is 0. The van der Waals surface area contributed by atoms with E-state index in [4.69, 9.17) is 0 Å². The average Bonchev–Trinajstić information content (AvgIpc) is 2.51. The van der Waals surface area contributed by atoms with Crippen molar-refractivity contribution >= 4 is 0 Å². The van der Waals surface area contributed by atoms with E-state index in [2.05, 4.69) is 32.6 Å². The molecule has 0 heterocycles. The molecular weight excluding hydrogens is 268 g/mol. The van der Waals surface area contributed by atoms with Crippen molar-refractivity contribution in [1.82, 2.24) is 4.90 Å². The second-order valence-electron chi connectivity index (χ2n) is 8.74. The van der Waals surface area contributed by atoms with Crippen LogP contribution in [0.3, 0.4) is 0 Å². The second kappa shape index (κ2) is 6.43. The molecule has 4 bridgehead atoms. The molecule has 0 aliphatic heterocycles. The minimum Gasteiger partial charge on any atom is -0.323 e. The summed E-state index contributed by atoms with van der Waals surface area (Å²) < 4.78 is 1.31. The Morgan fingerprint density at radius 1 is 0.818 bits per heavy atom. The molecule has 0 spiro atoms. The minimum absolute atomic E-state index is 0.606. The molecule has 22 heavy (non-hydrogen) atoms. The van der Waals surface area contributed by atoms with E-state index in [0.29, 0.717) is 5.54 Å². The van der Waals surface area contributed by atoms with Gasteiger partial charge in [-0.2, -0.15) is 0 Å². The molecule has 0 radical (unpaired) electrons. The van der Waals surface area contributed by atoms with Crippen LogP contribution in [0.5, 0.6) is 0 Å². The van der Waals surface area contributed by atoms with Crippen molar-refractivity contribution < 1.29 is 4.48 Å². The van der Waals surface area contributed by atoms with Gasteiger partial charge in [-0.1, -0.05) is 6.92 Å². The van der Waals surface area contributed by atoms with Crippen molar-refractivity contribution in [1.29, 1.82) is 0 Å². The summed E-state index contributed by atoms with van der Waals surface area (Å²) in [5.41, 5.74) is 0.606. The summed E-state index contributed by atoms with van der Waals surface area (Å²) in [5, 5.41) is 0. The van der Waals surface area contributed by atoms with E-state index in [1.807, 2.05) is 0 Å². The molecule has 4 aliphatic rings. The van der Waals surface area contributed by atoms with Gasteiger partial charge in [0.05, 0.1) is 26.2 Å². The third-order valence-electron chi connectivity index (χ3n) is 7.92. The van der Waals surface area contributed by atoms with Crippen LogP contribution in [-0.2, 0) is 0 Å². The molecule has 128 valence electrons. The number of likely N-dealkylation sites (N-methyl/N-ethyl adjacent to an activating group) is 2. The molecule has 0 unspecified atom stereocenters. The lowest BCUT2D eigenvalue weighted by atomic mass is 9.52. The number of hydrogen-bond acceptors (Lipinski definition) is 1. The van der Waals surface area contributed by atoms with Crippen LogP contribution in [0.25, 0.3) is 0 Å². The van der Waals surface area contributed by atoms with Crippen molar-refractivity contribution in [2.45, 2.75) is 71.8 Å². The molecule has 0 aromatic rings. The summed E-state index contributed by atoms with van der Waals surface area (Å²) in [4.78, 5) is 2.94. The van der Waals surface area contributed by atoms with Crippen molar-refractivity contribution in [3.05, 3.63) is 0 Å². The van der Waals surface area contributed by atoms with E-state index < -0.39 is 0 Å². The fraction of sp³-hybridized carbons (Fsp3) is 1.00. The molecular formula is C20H39N2+.